The van der Waals surface area contributed by atoms with Crippen molar-refractivity contribution in [2.24, 2.45) is 0 Å². The first-order valence-corrected chi connectivity index (χ1v) is 9.89. The Morgan fingerprint density at radius 3 is 2.74 bits per heavy atom. The van der Waals surface area contributed by atoms with Crippen LogP contribution in [-0.4, -0.2) is 44.4 Å². The third-order valence-electron chi connectivity index (χ3n) is 3.97. The number of nitrogens with one attached hydrogen (secondary N) is 2. The molecule has 11 nitrogen and oxygen atoms in total. The van der Waals surface area contributed by atoms with Gasteiger partial charge in [0.15, 0.2) is 5.16 Å². The molecule has 0 radical (unpaired) electrons. The van der Waals surface area contributed by atoms with Crippen LogP contribution in [0.4, 0.5) is 17.1 Å². The average molecular weight is 442 g/mol. The van der Waals surface area contributed by atoms with Gasteiger partial charge < -0.3 is 15.4 Å². The van der Waals surface area contributed by atoms with Crippen LogP contribution >= 0.6 is 11.8 Å². The summed E-state index contributed by atoms with van der Waals surface area (Å²) in [6.07, 6.45) is 1.49. The van der Waals surface area contributed by atoms with Gasteiger partial charge in [0.05, 0.1) is 29.5 Å². The van der Waals surface area contributed by atoms with Crippen molar-refractivity contribution in [3.63, 3.8) is 0 Å². The highest BCUT2D eigenvalue weighted by Gasteiger charge is 2.18. The summed E-state index contributed by atoms with van der Waals surface area (Å²) in [6.45, 7) is 1.42. The van der Waals surface area contributed by atoms with Crippen molar-refractivity contribution in [3.05, 3.63) is 58.9 Å². The molecule has 0 saturated heterocycles. The van der Waals surface area contributed by atoms with Crippen molar-refractivity contribution in [1.29, 1.82) is 0 Å². The second kappa shape index (κ2) is 9.71. The van der Waals surface area contributed by atoms with E-state index in [-0.39, 0.29) is 23.0 Å². The van der Waals surface area contributed by atoms with Crippen LogP contribution in [0.1, 0.15) is 6.92 Å². The van der Waals surface area contributed by atoms with Gasteiger partial charge in [-0.2, -0.15) is 0 Å². The van der Waals surface area contributed by atoms with E-state index in [9.17, 15) is 19.7 Å². The Morgan fingerprint density at radius 1 is 1.23 bits per heavy atom. The van der Waals surface area contributed by atoms with Crippen molar-refractivity contribution in [1.82, 2.24) is 14.8 Å². The van der Waals surface area contributed by atoms with Crippen molar-refractivity contribution in [3.8, 4) is 11.4 Å². The van der Waals surface area contributed by atoms with E-state index in [1.165, 1.54) is 38.6 Å². The maximum absolute atomic E-state index is 12.4. The molecule has 3 rings (SSSR count). The van der Waals surface area contributed by atoms with Crippen LogP contribution in [0.3, 0.4) is 0 Å². The summed E-state index contributed by atoms with van der Waals surface area (Å²) in [7, 11) is 1.40. The van der Waals surface area contributed by atoms with Crippen LogP contribution in [0.5, 0.6) is 5.75 Å². The molecule has 3 aromatic rings. The highest BCUT2D eigenvalue weighted by Crippen LogP contribution is 2.29. The van der Waals surface area contributed by atoms with Crippen LogP contribution < -0.4 is 15.4 Å². The highest BCUT2D eigenvalue weighted by atomic mass is 32.2. The number of hydrogen-bond acceptors (Lipinski definition) is 8. The third-order valence-corrected chi connectivity index (χ3v) is 4.91. The number of carbonyl (C=O) groups is 2. The van der Waals surface area contributed by atoms with E-state index in [0.29, 0.717) is 22.3 Å². The summed E-state index contributed by atoms with van der Waals surface area (Å²) in [5.41, 5.74) is 1.11. The summed E-state index contributed by atoms with van der Waals surface area (Å²) in [5.74, 6) is -0.374. The maximum atomic E-state index is 12.4. The first-order valence-electron chi connectivity index (χ1n) is 8.90. The molecule has 2 aromatic carbocycles. The zero-order valence-electron chi connectivity index (χ0n) is 16.6. The normalized spacial score (nSPS) is 10.4. The molecular formula is C19H18N6O5S. The summed E-state index contributed by atoms with van der Waals surface area (Å²) in [5, 5.41) is 24.8. The minimum absolute atomic E-state index is 0.0483. The van der Waals surface area contributed by atoms with E-state index in [0.717, 1.165) is 11.8 Å². The summed E-state index contributed by atoms with van der Waals surface area (Å²) in [4.78, 5) is 34.3. The first kappa shape index (κ1) is 21.8. The molecule has 1 aromatic heterocycles. The van der Waals surface area contributed by atoms with Gasteiger partial charge >= 0.3 is 0 Å². The Balaban J connectivity index is 1.70. The molecule has 0 atom stereocenters. The molecule has 0 spiro atoms. The minimum atomic E-state index is -0.593. The lowest BCUT2D eigenvalue weighted by atomic mass is 10.2. The number of carbonyl (C=O) groups excluding carboxylic acids is 2. The predicted octanol–water partition coefficient (Wildman–Crippen LogP) is 2.87. The number of rotatable bonds is 8. The monoisotopic (exact) mass is 442 g/mol. The fourth-order valence-electron chi connectivity index (χ4n) is 2.65. The molecule has 1 heterocycles. The Bertz CT molecular complexity index is 1130. The zero-order chi connectivity index (χ0) is 22.4. The molecule has 160 valence electrons. The molecular weight excluding hydrogens is 424 g/mol. The molecule has 0 aliphatic carbocycles. The number of nitrogens with zero attached hydrogens (tertiary/aromatic N) is 4. The summed E-state index contributed by atoms with van der Waals surface area (Å²) in [6, 6.07) is 11.2. The molecule has 2 N–H and O–H groups in total. The first-order chi connectivity index (χ1) is 14.9. The number of anilines is 2. The second-order valence-electron chi connectivity index (χ2n) is 6.19. The van der Waals surface area contributed by atoms with Gasteiger partial charge in [0.25, 0.3) is 5.69 Å². The van der Waals surface area contributed by atoms with E-state index in [2.05, 4.69) is 20.8 Å². The van der Waals surface area contributed by atoms with Gasteiger partial charge in [-0.1, -0.05) is 17.8 Å². The van der Waals surface area contributed by atoms with E-state index in [4.69, 9.17) is 4.74 Å². The van der Waals surface area contributed by atoms with Gasteiger partial charge in [-0.15, -0.1) is 10.2 Å². The van der Waals surface area contributed by atoms with Gasteiger partial charge in [-0.25, -0.2) is 0 Å². The van der Waals surface area contributed by atoms with Crippen molar-refractivity contribution >= 4 is 40.6 Å². The van der Waals surface area contributed by atoms with Crippen LogP contribution in [0.15, 0.2) is 53.9 Å². The molecule has 0 aliphatic rings. The Labute approximate surface area is 181 Å². The smallest absolute Gasteiger partial charge is 0.296 e. The molecule has 12 heteroatoms. The number of aromatic nitrogens is 3. The second-order valence-corrected chi connectivity index (χ2v) is 7.13. The lowest BCUT2D eigenvalue weighted by Gasteiger charge is -2.09. The van der Waals surface area contributed by atoms with Crippen LogP contribution in [0.25, 0.3) is 5.69 Å². The van der Waals surface area contributed by atoms with E-state index in [1.807, 2.05) is 0 Å². The lowest BCUT2D eigenvalue weighted by Crippen LogP contribution is -2.15. The minimum Gasteiger partial charge on any atom is -0.496 e. The number of thioether (sulfide) groups is 1. The predicted molar refractivity (Wildman–Crippen MR) is 115 cm³/mol. The topological polar surface area (TPSA) is 141 Å². The maximum Gasteiger partial charge on any atom is 0.296 e. The Hall–Kier alpha value is -3.93. The van der Waals surface area contributed by atoms with Crippen LogP contribution in [0.2, 0.25) is 0 Å². The fourth-order valence-corrected chi connectivity index (χ4v) is 3.38. The number of benzene rings is 2. The third kappa shape index (κ3) is 5.57. The van der Waals surface area contributed by atoms with E-state index < -0.39 is 10.8 Å². The standard InChI is InChI=1S/C19H18N6O5S/c1-12(26)21-13-4-3-5-14(8-13)24-11-20-23-19(24)31-10-18(27)22-16-7-6-15(30-2)9-17(16)25(28)29/h3-9,11H,10H2,1-2H3,(H,21,26)(H,22,27). The largest absolute Gasteiger partial charge is 0.496 e. The number of amides is 2. The number of hydrogen-bond donors (Lipinski definition) is 2. The zero-order valence-corrected chi connectivity index (χ0v) is 17.4. The lowest BCUT2D eigenvalue weighted by molar-refractivity contribution is -0.384. The Kier molecular flexibility index (Phi) is 6.82. The molecule has 0 saturated carbocycles. The molecule has 2 amide bonds. The highest BCUT2D eigenvalue weighted by molar-refractivity contribution is 7.99. The number of methoxy groups -OCH3 is 1. The van der Waals surface area contributed by atoms with E-state index in [1.54, 1.807) is 28.8 Å². The van der Waals surface area contributed by atoms with Gasteiger partial charge in [0, 0.05) is 12.6 Å². The summed E-state index contributed by atoms with van der Waals surface area (Å²) < 4.78 is 6.65. The fraction of sp³-hybridized carbons (Fsp3) is 0.158. The van der Waals surface area contributed by atoms with Gasteiger partial charge in [0.1, 0.15) is 17.8 Å². The van der Waals surface area contributed by atoms with Gasteiger partial charge in [-0.3, -0.25) is 24.3 Å². The Morgan fingerprint density at radius 2 is 2.03 bits per heavy atom. The summed E-state index contributed by atoms with van der Waals surface area (Å²) >= 11 is 1.11. The molecule has 0 aliphatic heterocycles. The average Bonchev–Trinajstić information content (AvgIpc) is 3.21. The number of ether oxygens (including phenoxy) is 1. The van der Waals surface area contributed by atoms with Crippen molar-refractivity contribution < 1.29 is 19.2 Å². The molecule has 0 bridgehead atoms. The van der Waals surface area contributed by atoms with E-state index >= 15 is 0 Å². The SMILES string of the molecule is COc1ccc(NC(=O)CSc2nncn2-c2cccc(NC(C)=O)c2)c([N+](=O)[O-])c1. The van der Waals surface area contributed by atoms with Crippen LogP contribution in [-0.2, 0) is 9.59 Å². The van der Waals surface area contributed by atoms with Crippen molar-refractivity contribution in [2.75, 3.05) is 23.5 Å². The van der Waals surface area contributed by atoms with Crippen molar-refractivity contribution in [2.45, 2.75) is 12.1 Å². The van der Waals surface area contributed by atoms with Gasteiger partial charge in [0.2, 0.25) is 11.8 Å². The molecule has 0 unspecified atom stereocenters. The van der Waals surface area contributed by atoms with Crippen LogP contribution in [0, 0.1) is 10.1 Å². The van der Waals surface area contributed by atoms with Gasteiger partial charge in [-0.05, 0) is 30.3 Å². The molecule has 0 fully saturated rings. The quantitative estimate of drug-likeness (QED) is 0.308. The number of nitro benzene ring substituents is 1. The number of nitro groups is 1. The molecule has 31 heavy (non-hydrogen) atoms.